The predicted molar refractivity (Wildman–Crippen MR) is 117 cm³/mol. The number of aromatic nitrogens is 2. The topological polar surface area (TPSA) is 99.4 Å². The van der Waals surface area contributed by atoms with Gasteiger partial charge in [-0.05, 0) is 43.9 Å². The monoisotopic (exact) mass is 425 g/mol. The van der Waals surface area contributed by atoms with Crippen LogP contribution in [0, 0.1) is 0 Å². The third-order valence-corrected chi connectivity index (χ3v) is 6.49. The first-order valence-electron chi connectivity index (χ1n) is 11.0. The fourth-order valence-corrected chi connectivity index (χ4v) is 4.66. The van der Waals surface area contributed by atoms with Crippen molar-refractivity contribution in [1.82, 2.24) is 25.5 Å². The van der Waals surface area contributed by atoms with Gasteiger partial charge in [-0.2, -0.15) is 0 Å². The molecule has 1 saturated heterocycles. The highest BCUT2D eigenvalue weighted by atomic mass is 16.5. The fraction of sp³-hybridized carbons (Fsp3) is 0.522. The number of piperidine rings is 1. The van der Waals surface area contributed by atoms with Crippen LogP contribution < -0.4 is 15.4 Å². The normalized spacial score (nSPS) is 18.3. The van der Waals surface area contributed by atoms with Crippen LogP contribution in [0.25, 0.3) is 0 Å². The van der Waals surface area contributed by atoms with Crippen molar-refractivity contribution in [2.75, 3.05) is 26.7 Å². The summed E-state index contributed by atoms with van der Waals surface area (Å²) in [6, 6.07) is 7.14. The molecule has 166 valence electrons. The van der Waals surface area contributed by atoms with Gasteiger partial charge in [0.2, 0.25) is 11.8 Å². The lowest BCUT2D eigenvalue weighted by Crippen LogP contribution is -2.57. The van der Waals surface area contributed by atoms with Crippen LogP contribution in [-0.4, -0.2) is 59.5 Å². The number of ether oxygens (including phenoxy) is 1. The summed E-state index contributed by atoms with van der Waals surface area (Å²) in [6.07, 6.45) is 5.35. The molecule has 2 aliphatic rings. The maximum atomic E-state index is 12.9. The Balaban J connectivity index is 1.26. The molecular formula is C23H31N5O3. The van der Waals surface area contributed by atoms with Gasteiger partial charge < -0.3 is 25.3 Å². The molecule has 1 spiro atoms. The van der Waals surface area contributed by atoms with E-state index in [2.05, 4.69) is 20.6 Å². The third-order valence-electron chi connectivity index (χ3n) is 6.49. The fourth-order valence-electron chi connectivity index (χ4n) is 4.66. The van der Waals surface area contributed by atoms with Crippen LogP contribution in [0.3, 0.4) is 0 Å². The summed E-state index contributed by atoms with van der Waals surface area (Å²) < 4.78 is 5.15. The number of carbonyl (C=O) groups is 2. The minimum atomic E-state index is -0.530. The summed E-state index contributed by atoms with van der Waals surface area (Å²) >= 11 is 0. The zero-order valence-electron chi connectivity index (χ0n) is 18.2. The summed E-state index contributed by atoms with van der Waals surface area (Å²) in [5.74, 6) is 0.661. The number of methoxy groups -OCH3 is 1. The van der Waals surface area contributed by atoms with Gasteiger partial charge in [-0.15, -0.1) is 0 Å². The Kier molecular flexibility index (Phi) is 6.27. The molecule has 2 aliphatic heterocycles. The first kappa shape index (κ1) is 21.4. The van der Waals surface area contributed by atoms with Gasteiger partial charge in [0.05, 0.1) is 24.7 Å². The number of amides is 2. The van der Waals surface area contributed by atoms with Crippen LogP contribution in [0.15, 0.2) is 30.6 Å². The lowest BCUT2D eigenvalue weighted by molar-refractivity contribution is -0.137. The molecule has 1 aromatic heterocycles. The van der Waals surface area contributed by atoms with Crippen molar-refractivity contribution in [3.05, 3.63) is 47.5 Å². The van der Waals surface area contributed by atoms with Crippen molar-refractivity contribution >= 4 is 11.8 Å². The molecule has 3 N–H and O–H groups in total. The van der Waals surface area contributed by atoms with Gasteiger partial charge in [-0.25, -0.2) is 4.98 Å². The average molecular weight is 426 g/mol. The molecule has 8 heteroatoms. The Bertz CT molecular complexity index is 916. The Morgan fingerprint density at radius 2 is 2.00 bits per heavy atom. The predicted octanol–water partition coefficient (Wildman–Crippen LogP) is 1.52. The standard InChI is InChI=1S/C23H31N5O3/c1-16(27-20(29)8-5-17-3-6-18(31-2)7-4-17)22(30)28-13-10-23(11-14-28)21-19(9-12-26-23)24-15-25-21/h3-4,6-7,15-16,26H,5,8-14H2,1-2H3,(H,24,25)(H,27,29)/t16-/m1/s1. The molecule has 8 nitrogen and oxygen atoms in total. The number of aryl methyl sites for hydroxylation is 1. The second kappa shape index (κ2) is 9.09. The Labute approximate surface area is 182 Å². The Morgan fingerprint density at radius 3 is 2.71 bits per heavy atom. The number of rotatable bonds is 6. The van der Waals surface area contributed by atoms with Gasteiger partial charge in [0, 0.05) is 38.2 Å². The van der Waals surface area contributed by atoms with E-state index >= 15 is 0 Å². The molecule has 0 saturated carbocycles. The molecule has 3 heterocycles. The van der Waals surface area contributed by atoms with E-state index in [1.54, 1.807) is 20.4 Å². The van der Waals surface area contributed by atoms with E-state index in [-0.39, 0.29) is 17.4 Å². The third kappa shape index (κ3) is 4.58. The highest BCUT2D eigenvalue weighted by molar-refractivity contribution is 5.87. The number of imidazole rings is 1. The van der Waals surface area contributed by atoms with Crippen molar-refractivity contribution in [3.63, 3.8) is 0 Å². The number of aromatic amines is 1. The van der Waals surface area contributed by atoms with E-state index in [9.17, 15) is 9.59 Å². The van der Waals surface area contributed by atoms with Gasteiger partial charge in [-0.3, -0.25) is 9.59 Å². The summed E-state index contributed by atoms with van der Waals surface area (Å²) in [5.41, 5.74) is 3.23. The van der Waals surface area contributed by atoms with Gasteiger partial charge in [-0.1, -0.05) is 12.1 Å². The lowest BCUT2D eigenvalue weighted by atomic mass is 9.80. The highest BCUT2D eigenvalue weighted by Gasteiger charge is 2.42. The molecule has 1 fully saturated rings. The maximum absolute atomic E-state index is 12.9. The van der Waals surface area contributed by atoms with Crippen molar-refractivity contribution < 1.29 is 14.3 Å². The lowest BCUT2D eigenvalue weighted by Gasteiger charge is -2.44. The zero-order valence-corrected chi connectivity index (χ0v) is 18.2. The van der Waals surface area contributed by atoms with E-state index in [0.29, 0.717) is 25.9 Å². The number of hydrogen-bond acceptors (Lipinski definition) is 5. The molecule has 4 rings (SSSR count). The number of carbonyl (C=O) groups excluding carboxylic acids is 2. The molecule has 2 amide bonds. The van der Waals surface area contributed by atoms with Gasteiger partial charge in [0.15, 0.2) is 0 Å². The molecule has 0 unspecified atom stereocenters. The van der Waals surface area contributed by atoms with Crippen LogP contribution in [-0.2, 0) is 28.0 Å². The molecule has 0 radical (unpaired) electrons. The number of hydrogen-bond donors (Lipinski definition) is 3. The SMILES string of the molecule is COc1ccc(CCC(=O)N[C@H](C)C(=O)N2CCC3(CC2)NCCc2[nH]cnc23)cc1. The van der Waals surface area contributed by atoms with Crippen LogP contribution in [0.5, 0.6) is 5.75 Å². The molecule has 2 aromatic rings. The van der Waals surface area contributed by atoms with Crippen molar-refractivity contribution in [3.8, 4) is 5.75 Å². The van der Waals surface area contributed by atoms with E-state index in [1.807, 2.05) is 29.2 Å². The van der Waals surface area contributed by atoms with E-state index in [4.69, 9.17) is 4.74 Å². The molecular weight excluding hydrogens is 394 g/mol. The number of H-pyrrole nitrogens is 1. The maximum Gasteiger partial charge on any atom is 0.244 e. The van der Waals surface area contributed by atoms with Gasteiger partial charge in [0.1, 0.15) is 11.8 Å². The molecule has 0 bridgehead atoms. The first-order valence-corrected chi connectivity index (χ1v) is 11.0. The van der Waals surface area contributed by atoms with Crippen LogP contribution >= 0.6 is 0 Å². The van der Waals surface area contributed by atoms with E-state index < -0.39 is 6.04 Å². The largest absolute Gasteiger partial charge is 0.497 e. The number of nitrogens with zero attached hydrogens (tertiary/aromatic N) is 2. The van der Waals surface area contributed by atoms with Crippen LogP contribution in [0.4, 0.5) is 0 Å². The minimum Gasteiger partial charge on any atom is -0.497 e. The zero-order chi connectivity index (χ0) is 21.8. The van der Waals surface area contributed by atoms with Gasteiger partial charge >= 0.3 is 0 Å². The van der Waals surface area contributed by atoms with E-state index in [0.717, 1.165) is 42.8 Å². The molecule has 1 aromatic carbocycles. The number of nitrogens with one attached hydrogen (secondary N) is 3. The first-order chi connectivity index (χ1) is 15.0. The summed E-state index contributed by atoms with van der Waals surface area (Å²) in [7, 11) is 1.63. The van der Waals surface area contributed by atoms with Crippen LogP contribution in [0.1, 0.15) is 43.1 Å². The second-order valence-corrected chi connectivity index (χ2v) is 8.45. The van der Waals surface area contributed by atoms with Crippen molar-refractivity contribution in [2.45, 2.75) is 50.6 Å². The summed E-state index contributed by atoms with van der Waals surface area (Å²) in [5, 5.41) is 6.50. The molecule has 0 aliphatic carbocycles. The van der Waals surface area contributed by atoms with E-state index in [1.165, 1.54) is 5.69 Å². The van der Waals surface area contributed by atoms with Gasteiger partial charge in [0.25, 0.3) is 0 Å². The number of fused-ring (bicyclic) bond motifs is 2. The van der Waals surface area contributed by atoms with Crippen molar-refractivity contribution in [2.24, 2.45) is 0 Å². The Morgan fingerprint density at radius 1 is 1.26 bits per heavy atom. The second-order valence-electron chi connectivity index (χ2n) is 8.45. The molecule has 1 atom stereocenters. The number of likely N-dealkylation sites (tertiary alicyclic amines) is 1. The Hall–Kier alpha value is -2.87. The number of benzene rings is 1. The highest BCUT2D eigenvalue weighted by Crippen LogP contribution is 2.35. The minimum absolute atomic E-state index is 0.0225. The van der Waals surface area contributed by atoms with Crippen molar-refractivity contribution in [1.29, 1.82) is 0 Å². The van der Waals surface area contributed by atoms with Crippen LogP contribution in [0.2, 0.25) is 0 Å². The molecule has 31 heavy (non-hydrogen) atoms. The quantitative estimate of drug-likeness (QED) is 0.652. The summed E-state index contributed by atoms with van der Waals surface area (Å²) in [6.45, 7) is 4.00. The summed E-state index contributed by atoms with van der Waals surface area (Å²) in [4.78, 5) is 34.9. The smallest absolute Gasteiger partial charge is 0.244 e. The average Bonchev–Trinajstić information content (AvgIpc) is 3.29.